The van der Waals surface area contributed by atoms with Crippen molar-refractivity contribution < 1.29 is 4.74 Å². The molecule has 2 unspecified atom stereocenters. The fourth-order valence-electron chi connectivity index (χ4n) is 3.56. The molecule has 0 saturated heterocycles. The molecule has 0 bridgehead atoms. The van der Waals surface area contributed by atoms with Crippen LogP contribution in [0.5, 0.6) is 5.75 Å². The van der Waals surface area contributed by atoms with Gasteiger partial charge >= 0.3 is 0 Å². The zero-order chi connectivity index (χ0) is 15.3. The molecule has 0 aliphatic carbocycles. The van der Waals surface area contributed by atoms with Crippen molar-refractivity contribution in [3.8, 4) is 5.75 Å². The molecule has 2 aliphatic heterocycles. The summed E-state index contributed by atoms with van der Waals surface area (Å²) in [6.45, 7) is 2.19. The highest BCUT2D eigenvalue weighted by Gasteiger charge is 2.32. The molecule has 0 radical (unpaired) electrons. The Hall–Kier alpha value is -1.81. The van der Waals surface area contributed by atoms with Crippen LogP contribution in [0.3, 0.4) is 0 Å². The van der Waals surface area contributed by atoms with Gasteiger partial charge in [0, 0.05) is 39.9 Å². The first-order chi connectivity index (χ1) is 10.6. The van der Waals surface area contributed by atoms with E-state index < -0.39 is 0 Å². The van der Waals surface area contributed by atoms with E-state index in [1.54, 1.807) is 0 Å². The molecule has 2 atom stereocenters. The number of rotatable bonds is 2. The molecule has 2 aromatic carbocycles. The van der Waals surface area contributed by atoms with Crippen LogP contribution < -0.4 is 16.2 Å². The van der Waals surface area contributed by atoms with Crippen molar-refractivity contribution in [2.75, 3.05) is 17.2 Å². The summed E-state index contributed by atoms with van der Waals surface area (Å²) in [5.74, 6) is 2.38. The maximum atomic E-state index is 6.22. The van der Waals surface area contributed by atoms with Crippen molar-refractivity contribution in [2.45, 2.75) is 36.7 Å². The van der Waals surface area contributed by atoms with Crippen molar-refractivity contribution >= 4 is 23.1 Å². The van der Waals surface area contributed by atoms with E-state index in [0.717, 1.165) is 41.3 Å². The van der Waals surface area contributed by atoms with Crippen molar-refractivity contribution in [3.05, 3.63) is 47.0 Å². The smallest absolute Gasteiger partial charge is 0.125 e. The quantitative estimate of drug-likeness (QED) is 0.832. The molecule has 0 spiro atoms. The van der Waals surface area contributed by atoms with E-state index in [-0.39, 0.29) is 6.10 Å². The number of thioether (sulfide) groups is 1. The molecule has 0 fully saturated rings. The molecule has 114 valence electrons. The van der Waals surface area contributed by atoms with Gasteiger partial charge in [-0.05, 0) is 41.8 Å². The lowest BCUT2D eigenvalue weighted by Crippen LogP contribution is -2.20. The number of hydrogen-bond donors (Lipinski definition) is 2. The van der Waals surface area contributed by atoms with Crippen LogP contribution in [0, 0.1) is 0 Å². The lowest BCUT2D eigenvalue weighted by atomic mass is 9.91. The summed E-state index contributed by atoms with van der Waals surface area (Å²) in [6.07, 6.45) is 2.08. The van der Waals surface area contributed by atoms with Crippen LogP contribution in [0.4, 0.5) is 11.4 Å². The number of nitrogens with two attached hydrogens (primary N) is 2. The predicted molar refractivity (Wildman–Crippen MR) is 92.7 cm³/mol. The third-order valence-corrected chi connectivity index (χ3v) is 5.82. The molecule has 2 aromatic rings. The van der Waals surface area contributed by atoms with Gasteiger partial charge in [-0.25, -0.2) is 0 Å². The summed E-state index contributed by atoms with van der Waals surface area (Å²) >= 11 is 1.90. The minimum absolute atomic E-state index is 0.128. The summed E-state index contributed by atoms with van der Waals surface area (Å²) in [4.78, 5) is 1.35. The molecule has 4 N–H and O–H groups in total. The van der Waals surface area contributed by atoms with Crippen LogP contribution in [0.2, 0.25) is 0 Å². The van der Waals surface area contributed by atoms with E-state index in [1.807, 2.05) is 30.0 Å². The number of benzene rings is 2. The SMILES string of the molecule is CC1c2c(N)cccc2OC1Cc1cc(N)c2c(c1)SCC2. The second-order valence-corrected chi connectivity index (χ2v) is 7.31. The molecule has 0 aromatic heterocycles. The third-order valence-electron chi connectivity index (χ3n) is 4.74. The van der Waals surface area contributed by atoms with E-state index in [9.17, 15) is 0 Å². The maximum absolute atomic E-state index is 6.22. The van der Waals surface area contributed by atoms with E-state index >= 15 is 0 Å². The van der Waals surface area contributed by atoms with Gasteiger partial charge in [0.2, 0.25) is 0 Å². The van der Waals surface area contributed by atoms with Crippen LogP contribution >= 0.6 is 11.8 Å². The lowest BCUT2D eigenvalue weighted by Gasteiger charge is -2.17. The zero-order valence-electron chi connectivity index (χ0n) is 12.6. The third kappa shape index (κ3) is 2.13. The van der Waals surface area contributed by atoms with E-state index in [4.69, 9.17) is 16.2 Å². The summed E-state index contributed by atoms with van der Waals surface area (Å²) in [5, 5.41) is 0. The molecule has 0 saturated carbocycles. The van der Waals surface area contributed by atoms with Crippen LogP contribution in [0.1, 0.15) is 29.5 Å². The monoisotopic (exact) mass is 312 g/mol. The molecule has 3 nitrogen and oxygen atoms in total. The van der Waals surface area contributed by atoms with Crippen LogP contribution in [0.15, 0.2) is 35.2 Å². The van der Waals surface area contributed by atoms with Crippen LogP contribution in [-0.4, -0.2) is 11.9 Å². The topological polar surface area (TPSA) is 61.3 Å². The first-order valence-electron chi connectivity index (χ1n) is 7.72. The van der Waals surface area contributed by atoms with Gasteiger partial charge in [0.05, 0.1) is 0 Å². The Balaban J connectivity index is 1.61. The Labute approximate surface area is 135 Å². The summed E-state index contributed by atoms with van der Waals surface area (Å²) < 4.78 is 6.14. The highest BCUT2D eigenvalue weighted by molar-refractivity contribution is 7.99. The van der Waals surface area contributed by atoms with Crippen molar-refractivity contribution in [3.63, 3.8) is 0 Å². The number of ether oxygens (including phenoxy) is 1. The summed E-state index contributed by atoms with van der Waals surface area (Å²) in [7, 11) is 0. The van der Waals surface area contributed by atoms with Gasteiger partial charge in [0.25, 0.3) is 0 Å². The second kappa shape index (κ2) is 5.13. The van der Waals surface area contributed by atoms with Crippen molar-refractivity contribution in [1.29, 1.82) is 0 Å². The van der Waals surface area contributed by atoms with Crippen molar-refractivity contribution in [2.24, 2.45) is 0 Å². The fourth-order valence-corrected chi connectivity index (χ4v) is 4.71. The minimum Gasteiger partial charge on any atom is -0.489 e. The highest BCUT2D eigenvalue weighted by atomic mass is 32.2. The standard InChI is InChI=1S/C18H20N2OS/c1-10-16(21-15-4-2-3-13(19)18(10)15)8-11-7-14(20)12-5-6-22-17(12)9-11/h2-4,7,9-10,16H,5-6,8,19-20H2,1H3. The second-order valence-electron chi connectivity index (χ2n) is 6.17. The van der Waals surface area contributed by atoms with E-state index in [2.05, 4.69) is 19.1 Å². The largest absolute Gasteiger partial charge is 0.489 e. The predicted octanol–water partition coefficient (Wildman–Crippen LogP) is 3.61. The molecule has 0 amide bonds. The molecule has 4 heteroatoms. The Kier molecular flexibility index (Phi) is 3.22. The number of fused-ring (bicyclic) bond motifs is 2. The number of anilines is 2. The van der Waals surface area contributed by atoms with Gasteiger partial charge in [-0.2, -0.15) is 0 Å². The molecule has 22 heavy (non-hydrogen) atoms. The Morgan fingerprint density at radius 1 is 1.23 bits per heavy atom. The number of nitrogen functional groups attached to an aromatic ring is 2. The van der Waals surface area contributed by atoms with E-state index in [1.165, 1.54) is 16.0 Å². The van der Waals surface area contributed by atoms with Gasteiger partial charge in [-0.1, -0.05) is 13.0 Å². The molecule has 2 aliphatic rings. The molecular weight excluding hydrogens is 292 g/mol. The molecule has 2 heterocycles. The van der Waals surface area contributed by atoms with Crippen molar-refractivity contribution in [1.82, 2.24) is 0 Å². The Morgan fingerprint density at radius 2 is 2.09 bits per heavy atom. The lowest BCUT2D eigenvalue weighted by molar-refractivity contribution is 0.211. The first kappa shape index (κ1) is 13.8. The average molecular weight is 312 g/mol. The van der Waals surface area contributed by atoms with Gasteiger partial charge in [-0.15, -0.1) is 11.8 Å². The van der Waals surface area contributed by atoms with Crippen LogP contribution in [-0.2, 0) is 12.8 Å². The average Bonchev–Trinajstić information content (AvgIpc) is 3.06. The zero-order valence-corrected chi connectivity index (χ0v) is 13.5. The Morgan fingerprint density at radius 3 is 2.91 bits per heavy atom. The van der Waals surface area contributed by atoms with Gasteiger partial charge in [-0.3, -0.25) is 0 Å². The van der Waals surface area contributed by atoms with Gasteiger partial charge in [0.1, 0.15) is 11.9 Å². The molecular formula is C18H20N2OS. The normalized spacial score (nSPS) is 22.2. The van der Waals surface area contributed by atoms with Gasteiger partial charge < -0.3 is 16.2 Å². The summed E-state index contributed by atoms with van der Waals surface area (Å²) in [6, 6.07) is 10.3. The van der Waals surface area contributed by atoms with Gasteiger partial charge in [0.15, 0.2) is 0 Å². The maximum Gasteiger partial charge on any atom is 0.125 e. The van der Waals surface area contributed by atoms with E-state index in [0.29, 0.717) is 5.92 Å². The number of hydrogen-bond acceptors (Lipinski definition) is 4. The molecule has 4 rings (SSSR count). The fraction of sp³-hybridized carbons (Fsp3) is 0.333. The highest BCUT2D eigenvalue weighted by Crippen LogP contribution is 2.43. The van der Waals surface area contributed by atoms with Crippen LogP contribution in [0.25, 0.3) is 0 Å². The Bertz CT molecular complexity index is 744. The minimum atomic E-state index is 0.128. The first-order valence-corrected chi connectivity index (χ1v) is 8.71. The summed E-state index contributed by atoms with van der Waals surface area (Å²) in [5.41, 5.74) is 17.8.